The molecule has 0 bridgehead atoms. The molecule has 2 aromatic rings. The first kappa shape index (κ1) is 40.1. The van der Waals surface area contributed by atoms with Crippen LogP contribution in [0.1, 0.15) is 34.6 Å². The van der Waals surface area contributed by atoms with E-state index in [1.807, 2.05) is 0 Å². The molecular weight excluding hydrogens is 713 g/mol. The van der Waals surface area contributed by atoms with E-state index >= 15 is 0 Å². The Labute approximate surface area is 296 Å². The Bertz CT molecular complexity index is 1370. The Balaban J connectivity index is 2.12. The first-order chi connectivity index (χ1) is 22.1. The molecule has 0 heterocycles. The number of amides is 2. The van der Waals surface area contributed by atoms with Gasteiger partial charge in [0.2, 0.25) is 5.12 Å². The van der Waals surface area contributed by atoms with Crippen LogP contribution in [0.15, 0.2) is 36.4 Å². The summed E-state index contributed by atoms with van der Waals surface area (Å²) < 4.78 is 16.0. The second kappa shape index (κ2) is 21.7. The van der Waals surface area contributed by atoms with E-state index < -0.39 is 53.0 Å². The Kier molecular flexibility index (Phi) is 19.0. The third-order valence-corrected chi connectivity index (χ3v) is 9.99. The highest BCUT2D eigenvalue weighted by molar-refractivity contribution is 8.76. The van der Waals surface area contributed by atoms with Crippen molar-refractivity contribution in [2.75, 3.05) is 36.2 Å². The molecule has 46 heavy (non-hydrogen) atoms. The summed E-state index contributed by atoms with van der Waals surface area (Å²) >= 11 is 13.0. The highest BCUT2D eigenvalue weighted by Crippen LogP contribution is 2.21. The number of hydrogen-bond acceptors (Lipinski definition) is 15. The number of ether oxygens (including phenoxy) is 2. The monoisotopic (exact) mass is 748 g/mol. The van der Waals surface area contributed by atoms with E-state index in [-0.39, 0.29) is 41.6 Å². The maximum Gasteiger partial charge on any atom is 0.329 e. The molecule has 0 aromatic heterocycles. The molecule has 4 atom stereocenters. The van der Waals surface area contributed by atoms with Crippen LogP contribution < -0.4 is 20.1 Å². The number of carbonyl (C=O) groups excluding carboxylic acids is 6. The van der Waals surface area contributed by atoms with Gasteiger partial charge in [-0.3, -0.25) is 19.1 Å². The highest BCUT2D eigenvalue weighted by Gasteiger charge is 2.25. The molecule has 0 aliphatic heterocycles. The van der Waals surface area contributed by atoms with Gasteiger partial charge in [-0.15, -0.1) is 12.6 Å². The maximum atomic E-state index is 13.1. The first-order valence-electron chi connectivity index (χ1n) is 13.9. The van der Waals surface area contributed by atoms with Gasteiger partial charge in [-0.1, -0.05) is 34.9 Å². The van der Waals surface area contributed by atoms with Gasteiger partial charge < -0.3 is 24.9 Å². The zero-order valence-corrected chi connectivity index (χ0v) is 30.1. The molecule has 2 amide bonds. The van der Waals surface area contributed by atoms with Gasteiger partial charge in [0.1, 0.15) is 18.4 Å². The van der Waals surface area contributed by atoms with E-state index in [1.165, 1.54) is 10.8 Å². The molecule has 0 saturated heterocycles. The van der Waals surface area contributed by atoms with Crippen LogP contribution in [0.4, 0.5) is 0 Å². The second-order valence-electron chi connectivity index (χ2n) is 9.25. The van der Waals surface area contributed by atoms with Gasteiger partial charge in [-0.05, 0) is 59.9 Å². The zero-order chi connectivity index (χ0) is 34.1. The second-order valence-corrected chi connectivity index (χ2v) is 13.5. The minimum atomic E-state index is -1.00. The fraction of sp³-hybridized carbons (Fsp3) is 0.429. The van der Waals surface area contributed by atoms with Gasteiger partial charge in [0.25, 0.3) is 11.8 Å². The lowest BCUT2D eigenvalue weighted by molar-refractivity contribution is -0.145. The zero-order valence-electron chi connectivity index (χ0n) is 24.9. The van der Waals surface area contributed by atoms with Crippen molar-refractivity contribution in [3.63, 3.8) is 0 Å². The summed E-state index contributed by atoms with van der Waals surface area (Å²) in [7, 11) is 2.40. The molecular formula is C28H36N4O8S6. The van der Waals surface area contributed by atoms with Crippen molar-refractivity contribution in [3.05, 3.63) is 47.5 Å². The van der Waals surface area contributed by atoms with Gasteiger partial charge in [0.05, 0.1) is 25.3 Å². The van der Waals surface area contributed by atoms with Crippen LogP contribution in [0.2, 0.25) is 0 Å². The SMILES string of the molecule is CCOC(=O)C(CSN[C@@H](CS)C(=O)S)NC(=O)c1ccc2cc(C(=O)NC(CSSN[C@H](C=O)CS)C(=O)OCC)ccc2c1. The smallest absolute Gasteiger partial charge is 0.329 e. The van der Waals surface area contributed by atoms with Crippen LogP contribution in [-0.2, 0) is 28.7 Å². The number of nitrogens with one attached hydrogen (secondary N) is 4. The average molecular weight is 749 g/mol. The third kappa shape index (κ3) is 13.2. The lowest BCUT2D eigenvalue weighted by Gasteiger charge is -2.19. The van der Waals surface area contributed by atoms with Crippen molar-refractivity contribution in [1.29, 1.82) is 0 Å². The van der Waals surface area contributed by atoms with E-state index in [2.05, 4.69) is 58.0 Å². The van der Waals surface area contributed by atoms with Crippen LogP contribution in [0.25, 0.3) is 10.8 Å². The van der Waals surface area contributed by atoms with Crippen LogP contribution in [0.3, 0.4) is 0 Å². The first-order valence-corrected chi connectivity index (χ1v) is 18.9. The average Bonchev–Trinajstić information content (AvgIpc) is 3.04. The van der Waals surface area contributed by atoms with Gasteiger partial charge in [0.15, 0.2) is 0 Å². The summed E-state index contributed by atoms with van der Waals surface area (Å²) in [5, 5.41) is 6.29. The van der Waals surface area contributed by atoms with Crippen molar-refractivity contribution < 1.29 is 38.2 Å². The molecule has 18 heteroatoms. The van der Waals surface area contributed by atoms with E-state index in [1.54, 1.807) is 50.2 Å². The summed E-state index contributed by atoms with van der Waals surface area (Å²) in [5.74, 6) is -1.46. The Morgan fingerprint density at radius 1 is 0.783 bits per heavy atom. The number of esters is 2. The van der Waals surface area contributed by atoms with Gasteiger partial charge in [-0.25, -0.2) is 14.3 Å². The summed E-state index contributed by atoms with van der Waals surface area (Å²) in [6.45, 7) is 3.58. The minimum Gasteiger partial charge on any atom is -0.464 e. The molecule has 2 rings (SSSR count). The van der Waals surface area contributed by atoms with Crippen molar-refractivity contribution in [2.24, 2.45) is 0 Å². The summed E-state index contributed by atoms with van der Waals surface area (Å²) in [6.07, 6.45) is 0.731. The van der Waals surface area contributed by atoms with Crippen LogP contribution in [-0.4, -0.2) is 95.5 Å². The molecule has 252 valence electrons. The standard InChI is InChI=1S/C28H36N4O8S6/c1-3-39-26(36)22(14-44-32-21(13-42)28(38)43)29-24(34)18-7-5-17-10-19(8-6-16(17)9-18)25(35)30-23(27(37)40-4-2)15-45-46-31-20(11-33)12-41/h5-11,20-23,31-32,41-42H,3-4,12-15H2,1-2H3,(H,29,34)(H,30,35)(H,38,43)/t20-,21+,22?,23?/m1/s1. The molecule has 0 fully saturated rings. The number of rotatable bonds is 21. The predicted molar refractivity (Wildman–Crippen MR) is 194 cm³/mol. The largest absolute Gasteiger partial charge is 0.464 e. The van der Waals surface area contributed by atoms with Crippen molar-refractivity contribution in [1.82, 2.24) is 20.1 Å². The topological polar surface area (TPSA) is 169 Å². The van der Waals surface area contributed by atoms with E-state index in [4.69, 9.17) is 9.47 Å². The molecule has 0 saturated carbocycles. The summed E-state index contributed by atoms with van der Waals surface area (Å²) in [6, 6.07) is 6.67. The Morgan fingerprint density at radius 2 is 1.30 bits per heavy atom. The molecule has 2 aromatic carbocycles. The summed E-state index contributed by atoms with van der Waals surface area (Å²) in [4.78, 5) is 73.7. The number of hydrogen-bond donors (Lipinski definition) is 7. The number of carbonyl (C=O) groups is 6. The van der Waals surface area contributed by atoms with E-state index in [0.717, 1.165) is 29.2 Å². The van der Waals surface area contributed by atoms with Crippen LogP contribution in [0.5, 0.6) is 0 Å². The number of fused-ring (bicyclic) bond motifs is 1. The maximum absolute atomic E-state index is 13.1. The predicted octanol–water partition coefficient (Wildman–Crippen LogP) is 2.54. The van der Waals surface area contributed by atoms with Crippen LogP contribution >= 0.6 is 71.6 Å². The van der Waals surface area contributed by atoms with Crippen molar-refractivity contribution >= 4 is 118 Å². The number of thiol groups is 3. The van der Waals surface area contributed by atoms with Crippen LogP contribution in [0, 0.1) is 0 Å². The molecule has 2 unspecified atom stereocenters. The quantitative estimate of drug-likeness (QED) is 0.0249. The van der Waals surface area contributed by atoms with Crippen molar-refractivity contribution in [2.45, 2.75) is 38.0 Å². The minimum absolute atomic E-state index is 0.0807. The Hall–Kier alpha value is -2.06. The van der Waals surface area contributed by atoms with Gasteiger partial charge >= 0.3 is 11.9 Å². The Morgan fingerprint density at radius 3 is 1.74 bits per heavy atom. The van der Waals surface area contributed by atoms with Gasteiger partial charge in [-0.2, -0.15) is 25.3 Å². The number of benzene rings is 2. The molecule has 0 aliphatic rings. The molecule has 12 nitrogen and oxygen atoms in total. The summed E-state index contributed by atoms with van der Waals surface area (Å²) in [5.41, 5.74) is 0.563. The highest BCUT2D eigenvalue weighted by atomic mass is 33.1. The lowest BCUT2D eigenvalue weighted by atomic mass is 10.0. The van der Waals surface area contributed by atoms with Crippen molar-refractivity contribution in [3.8, 4) is 0 Å². The van der Waals surface area contributed by atoms with Gasteiger partial charge in [0, 0.05) is 34.1 Å². The van der Waals surface area contributed by atoms with E-state index in [0.29, 0.717) is 16.5 Å². The lowest BCUT2D eigenvalue weighted by Crippen LogP contribution is -2.44. The fourth-order valence-electron chi connectivity index (χ4n) is 3.54. The number of aldehydes is 1. The fourth-order valence-corrected chi connectivity index (χ4v) is 7.42. The molecule has 0 spiro atoms. The normalized spacial score (nSPS) is 13.6. The molecule has 4 N–H and O–H groups in total. The third-order valence-electron chi connectivity index (χ3n) is 5.93. The molecule has 0 radical (unpaired) electrons. The van der Waals surface area contributed by atoms with E-state index in [9.17, 15) is 28.8 Å². The molecule has 0 aliphatic carbocycles.